The average Bonchev–Trinajstić information content (AvgIpc) is 3.36. The van der Waals surface area contributed by atoms with Crippen molar-refractivity contribution in [3.8, 4) is 22.1 Å². The molecule has 0 aliphatic carbocycles. The topological polar surface area (TPSA) is 72.0 Å². The summed E-state index contributed by atoms with van der Waals surface area (Å²) in [7, 11) is 1.64. The molecule has 5 rings (SSSR count). The number of hydrogen-bond acceptors (Lipinski definition) is 6. The Balaban J connectivity index is 1.33. The first kappa shape index (κ1) is 22.4. The van der Waals surface area contributed by atoms with Crippen LogP contribution < -0.4 is 14.4 Å². The molecule has 8 heteroatoms. The lowest BCUT2D eigenvalue weighted by Gasteiger charge is -2.37. The zero-order valence-electron chi connectivity index (χ0n) is 19.1. The number of amides is 2. The smallest absolute Gasteiger partial charge is 0.265 e. The van der Waals surface area contributed by atoms with Gasteiger partial charge in [-0.1, -0.05) is 12.1 Å². The number of carbonyl (C=O) groups is 2. The second-order valence-electron chi connectivity index (χ2n) is 8.51. The largest absolute Gasteiger partial charge is 0.497 e. The number of ether oxygens (including phenoxy) is 2. The predicted octanol–water partition coefficient (Wildman–Crippen LogP) is 4.17. The minimum Gasteiger partial charge on any atom is -0.497 e. The third-order valence-corrected chi connectivity index (χ3v) is 7.18. The number of benzene rings is 2. The lowest BCUT2D eigenvalue weighted by Crippen LogP contribution is -2.53. The van der Waals surface area contributed by atoms with Gasteiger partial charge in [-0.05, 0) is 55.7 Å². The summed E-state index contributed by atoms with van der Waals surface area (Å²) in [5.41, 5.74) is 2.39. The molecule has 3 heterocycles. The molecule has 1 aromatic heterocycles. The van der Waals surface area contributed by atoms with E-state index in [0.29, 0.717) is 17.1 Å². The van der Waals surface area contributed by atoms with E-state index in [1.54, 1.807) is 12.0 Å². The molecule has 176 valence electrons. The number of methoxy groups -OCH3 is 1. The fourth-order valence-electron chi connectivity index (χ4n) is 4.42. The van der Waals surface area contributed by atoms with Crippen LogP contribution in [0.4, 0.5) is 5.69 Å². The third-order valence-electron chi connectivity index (χ3n) is 6.24. The van der Waals surface area contributed by atoms with Gasteiger partial charge < -0.3 is 19.3 Å². The van der Waals surface area contributed by atoms with Crippen molar-refractivity contribution in [1.29, 1.82) is 0 Å². The van der Waals surface area contributed by atoms with Crippen LogP contribution in [0, 0.1) is 0 Å². The summed E-state index contributed by atoms with van der Waals surface area (Å²) in [5.74, 6) is 1.21. The van der Waals surface area contributed by atoms with Crippen LogP contribution in [0.3, 0.4) is 0 Å². The highest BCUT2D eigenvalue weighted by atomic mass is 32.1. The first-order chi connectivity index (χ1) is 16.6. The number of hydrogen-bond donors (Lipinski definition) is 0. The van der Waals surface area contributed by atoms with Crippen molar-refractivity contribution in [3.05, 3.63) is 59.6 Å². The first-order valence-electron chi connectivity index (χ1n) is 11.6. The van der Waals surface area contributed by atoms with Gasteiger partial charge in [0.25, 0.3) is 5.91 Å². The second-order valence-corrected chi connectivity index (χ2v) is 9.37. The van der Waals surface area contributed by atoms with Crippen molar-refractivity contribution in [3.63, 3.8) is 0 Å². The van der Waals surface area contributed by atoms with E-state index in [-0.39, 0.29) is 24.8 Å². The zero-order chi connectivity index (χ0) is 23.5. The Morgan fingerprint density at radius 1 is 1.09 bits per heavy atom. The molecule has 0 bridgehead atoms. The molecule has 0 saturated carbocycles. The van der Waals surface area contributed by atoms with Crippen molar-refractivity contribution in [1.82, 2.24) is 9.88 Å². The molecule has 1 atom stereocenters. The first-order valence-corrected chi connectivity index (χ1v) is 12.4. The molecule has 1 fully saturated rings. The summed E-state index contributed by atoms with van der Waals surface area (Å²) in [6, 6.07) is 15.1. The Bertz CT molecular complexity index is 1170. The van der Waals surface area contributed by atoms with Gasteiger partial charge in [-0.2, -0.15) is 0 Å². The van der Waals surface area contributed by atoms with E-state index in [4.69, 9.17) is 9.47 Å². The number of anilines is 1. The molecule has 0 N–H and O–H groups in total. The zero-order valence-corrected chi connectivity index (χ0v) is 19.9. The van der Waals surface area contributed by atoms with E-state index in [0.717, 1.165) is 48.7 Å². The molecule has 0 unspecified atom stereocenters. The number of thiazole rings is 1. The molecular weight excluding hydrogens is 450 g/mol. The van der Waals surface area contributed by atoms with Crippen LogP contribution in [0.2, 0.25) is 0 Å². The maximum Gasteiger partial charge on any atom is 0.265 e. The molecule has 2 aliphatic heterocycles. The maximum absolute atomic E-state index is 13.4. The number of nitrogens with zero attached hydrogens (tertiary/aromatic N) is 3. The fraction of sp³-hybridized carbons (Fsp3) is 0.346. The van der Waals surface area contributed by atoms with Crippen molar-refractivity contribution in [2.24, 2.45) is 0 Å². The number of rotatable bonds is 5. The average molecular weight is 478 g/mol. The van der Waals surface area contributed by atoms with Crippen molar-refractivity contribution < 1.29 is 19.1 Å². The lowest BCUT2D eigenvalue weighted by molar-refractivity contribution is -0.139. The van der Waals surface area contributed by atoms with Gasteiger partial charge >= 0.3 is 0 Å². The Kier molecular flexibility index (Phi) is 6.49. The van der Waals surface area contributed by atoms with Gasteiger partial charge in [-0.15, -0.1) is 11.3 Å². The standard InChI is InChI=1S/C26H27N3O4S/c1-32-20-11-9-18(10-12-20)25-27-19(17-34-25)15-24(30)29-16-23(26(31)28-13-5-2-6-14-28)33-22-8-4-3-7-21(22)29/h3-4,7-12,17,23H,2,5-6,13-16H2,1H3/t23-/m1/s1. The summed E-state index contributed by atoms with van der Waals surface area (Å²) in [6.45, 7) is 1.71. The number of likely N-dealkylation sites (tertiary alicyclic amines) is 1. The normalized spacial score (nSPS) is 17.6. The van der Waals surface area contributed by atoms with Crippen LogP contribution in [0.1, 0.15) is 25.0 Å². The molecule has 0 spiro atoms. The molecule has 1 saturated heterocycles. The Morgan fingerprint density at radius 3 is 2.62 bits per heavy atom. The minimum atomic E-state index is -0.692. The number of aromatic nitrogens is 1. The molecule has 2 amide bonds. The van der Waals surface area contributed by atoms with Crippen molar-refractivity contribution in [2.75, 3.05) is 31.6 Å². The highest BCUT2D eigenvalue weighted by Crippen LogP contribution is 2.34. The number of fused-ring (bicyclic) bond motifs is 1. The van der Waals surface area contributed by atoms with Crippen LogP contribution in [0.15, 0.2) is 53.9 Å². The summed E-state index contributed by atoms with van der Waals surface area (Å²) in [4.78, 5) is 34.8. The minimum absolute atomic E-state index is 0.0394. The highest BCUT2D eigenvalue weighted by molar-refractivity contribution is 7.13. The molecule has 7 nitrogen and oxygen atoms in total. The van der Waals surface area contributed by atoms with E-state index in [1.807, 2.05) is 58.8 Å². The summed E-state index contributed by atoms with van der Waals surface area (Å²) < 4.78 is 11.3. The Hall–Kier alpha value is -3.39. The van der Waals surface area contributed by atoms with Crippen LogP contribution in [0.25, 0.3) is 10.6 Å². The summed E-state index contributed by atoms with van der Waals surface area (Å²) in [5, 5.41) is 2.77. The van der Waals surface area contributed by atoms with Gasteiger partial charge in [0.15, 0.2) is 6.10 Å². The van der Waals surface area contributed by atoms with Crippen molar-refractivity contribution >= 4 is 28.8 Å². The van der Waals surface area contributed by atoms with E-state index in [9.17, 15) is 9.59 Å². The van der Waals surface area contributed by atoms with Gasteiger partial charge in [0.2, 0.25) is 5.91 Å². The SMILES string of the molecule is COc1ccc(-c2nc(CC(=O)N3C[C@H](C(=O)N4CCCCC4)Oc4ccccc43)cs2)cc1. The van der Waals surface area contributed by atoms with Crippen LogP contribution in [0.5, 0.6) is 11.5 Å². The van der Waals surface area contributed by atoms with Gasteiger partial charge in [0.05, 0.1) is 31.5 Å². The summed E-state index contributed by atoms with van der Waals surface area (Å²) in [6.07, 6.45) is 2.64. The third kappa shape index (κ3) is 4.63. The highest BCUT2D eigenvalue weighted by Gasteiger charge is 2.36. The molecule has 0 radical (unpaired) electrons. The van der Waals surface area contributed by atoms with Gasteiger partial charge in [0.1, 0.15) is 16.5 Å². The Labute approximate surface area is 202 Å². The van der Waals surface area contributed by atoms with E-state index in [2.05, 4.69) is 4.98 Å². The quantitative estimate of drug-likeness (QED) is 0.552. The van der Waals surface area contributed by atoms with E-state index >= 15 is 0 Å². The van der Waals surface area contributed by atoms with Gasteiger partial charge in [-0.25, -0.2) is 4.98 Å². The maximum atomic E-state index is 13.4. The monoisotopic (exact) mass is 477 g/mol. The number of para-hydroxylation sites is 2. The van der Waals surface area contributed by atoms with Gasteiger partial charge in [0, 0.05) is 24.0 Å². The van der Waals surface area contributed by atoms with Crippen LogP contribution in [-0.2, 0) is 16.0 Å². The van der Waals surface area contributed by atoms with Gasteiger partial charge in [-0.3, -0.25) is 9.59 Å². The molecule has 2 aromatic carbocycles. The van der Waals surface area contributed by atoms with Crippen LogP contribution in [-0.4, -0.2) is 54.5 Å². The second kappa shape index (κ2) is 9.85. The molecular formula is C26H27N3O4S. The lowest BCUT2D eigenvalue weighted by atomic mass is 10.1. The molecule has 34 heavy (non-hydrogen) atoms. The molecule has 2 aliphatic rings. The Morgan fingerprint density at radius 2 is 1.85 bits per heavy atom. The van der Waals surface area contributed by atoms with Crippen LogP contribution >= 0.6 is 11.3 Å². The van der Waals surface area contributed by atoms with Crippen molar-refractivity contribution in [2.45, 2.75) is 31.8 Å². The van der Waals surface area contributed by atoms with E-state index < -0.39 is 6.10 Å². The predicted molar refractivity (Wildman–Crippen MR) is 131 cm³/mol. The number of piperidine rings is 1. The summed E-state index contributed by atoms with van der Waals surface area (Å²) >= 11 is 1.51. The molecule has 3 aromatic rings. The van der Waals surface area contributed by atoms with E-state index in [1.165, 1.54) is 11.3 Å². The number of carbonyl (C=O) groups excluding carboxylic acids is 2. The fourth-order valence-corrected chi connectivity index (χ4v) is 5.25.